The van der Waals surface area contributed by atoms with Gasteiger partial charge in [0.25, 0.3) is 5.91 Å². The molecule has 2 aromatic rings. The van der Waals surface area contributed by atoms with Gasteiger partial charge in [0.2, 0.25) is 0 Å². The fourth-order valence-corrected chi connectivity index (χ4v) is 4.52. The molecule has 4 rings (SSSR count). The van der Waals surface area contributed by atoms with Gasteiger partial charge in [-0.05, 0) is 30.2 Å². The zero-order valence-corrected chi connectivity index (χ0v) is 17.0. The highest BCUT2D eigenvalue weighted by atomic mass is 16.5. The highest BCUT2D eigenvalue weighted by molar-refractivity contribution is 5.93. The van der Waals surface area contributed by atoms with E-state index in [1.807, 2.05) is 18.2 Å². The molecule has 1 N–H and O–H groups in total. The van der Waals surface area contributed by atoms with Gasteiger partial charge in [0, 0.05) is 38.0 Å². The second-order valence-corrected chi connectivity index (χ2v) is 7.70. The van der Waals surface area contributed by atoms with Crippen LogP contribution in [0.2, 0.25) is 0 Å². The van der Waals surface area contributed by atoms with Crippen molar-refractivity contribution < 1.29 is 19.4 Å². The lowest BCUT2D eigenvalue weighted by atomic mass is 9.69. The van der Waals surface area contributed by atoms with Gasteiger partial charge in [-0.15, -0.1) is 0 Å². The predicted molar refractivity (Wildman–Crippen MR) is 109 cm³/mol. The van der Waals surface area contributed by atoms with Gasteiger partial charge < -0.3 is 19.5 Å². The Balaban J connectivity index is 1.74. The van der Waals surface area contributed by atoms with Crippen molar-refractivity contribution in [3.63, 3.8) is 0 Å². The molecule has 1 amide bonds. The number of carbonyl (C=O) groups is 1. The molecule has 0 unspecified atom stereocenters. The SMILES string of the molecule is CC[C@@]12C=C[C@H](O)C[C@@H]1Oc1c(OC)ccc(CN(C)C(=O)c3cccnc3)c12. The Bertz CT molecular complexity index is 943. The number of carbonyl (C=O) groups excluding carboxylic acids is 1. The zero-order chi connectivity index (χ0) is 20.6. The molecule has 0 saturated heterocycles. The lowest BCUT2D eigenvalue weighted by molar-refractivity contribution is 0.0783. The number of pyridine rings is 1. The average molecular weight is 394 g/mol. The Morgan fingerprint density at radius 2 is 2.24 bits per heavy atom. The maximum Gasteiger partial charge on any atom is 0.255 e. The van der Waals surface area contributed by atoms with Crippen molar-refractivity contribution in [1.29, 1.82) is 0 Å². The number of benzene rings is 1. The van der Waals surface area contributed by atoms with Crippen molar-refractivity contribution in [2.45, 2.75) is 43.9 Å². The van der Waals surface area contributed by atoms with Gasteiger partial charge in [0.1, 0.15) is 6.10 Å². The number of amides is 1. The number of nitrogens with zero attached hydrogens (tertiary/aromatic N) is 2. The Labute approximate surface area is 170 Å². The fraction of sp³-hybridized carbons (Fsp3) is 0.391. The van der Waals surface area contributed by atoms with Crippen LogP contribution in [0.4, 0.5) is 0 Å². The average Bonchev–Trinajstić information content (AvgIpc) is 3.09. The van der Waals surface area contributed by atoms with Gasteiger partial charge in [0.05, 0.1) is 24.2 Å². The van der Waals surface area contributed by atoms with Gasteiger partial charge in [-0.2, -0.15) is 0 Å². The molecule has 0 bridgehead atoms. The van der Waals surface area contributed by atoms with Crippen LogP contribution in [-0.2, 0) is 12.0 Å². The van der Waals surface area contributed by atoms with Crippen LogP contribution in [0.15, 0.2) is 48.8 Å². The number of methoxy groups -OCH3 is 1. The van der Waals surface area contributed by atoms with E-state index in [1.165, 1.54) is 0 Å². The Morgan fingerprint density at radius 1 is 1.41 bits per heavy atom. The lowest BCUT2D eigenvalue weighted by Crippen LogP contribution is -2.42. The van der Waals surface area contributed by atoms with E-state index < -0.39 is 6.10 Å². The molecule has 1 aliphatic heterocycles. The highest BCUT2D eigenvalue weighted by Gasteiger charge is 2.50. The van der Waals surface area contributed by atoms with Gasteiger partial charge in [-0.1, -0.05) is 25.1 Å². The predicted octanol–water partition coefficient (Wildman–Crippen LogP) is 3.09. The molecule has 152 valence electrons. The van der Waals surface area contributed by atoms with Crippen molar-refractivity contribution in [1.82, 2.24) is 9.88 Å². The Hall–Kier alpha value is -2.86. The smallest absolute Gasteiger partial charge is 0.255 e. The van der Waals surface area contributed by atoms with Crippen molar-refractivity contribution in [2.24, 2.45) is 0 Å². The summed E-state index contributed by atoms with van der Waals surface area (Å²) in [7, 11) is 3.42. The maximum atomic E-state index is 12.8. The van der Waals surface area contributed by atoms with Gasteiger partial charge in [-0.25, -0.2) is 0 Å². The fourth-order valence-electron chi connectivity index (χ4n) is 4.52. The molecule has 0 saturated carbocycles. The number of aromatic nitrogens is 1. The molecule has 0 fully saturated rings. The third kappa shape index (κ3) is 3.17. The maximum absolute atomic E-state index is 12.8. The van der Waals surface area contributed by atoms with Crippen LogP contribution in [0.25, 0.3) is 0 Å². The van der Waals surface area contributed by atoms with Gasteiger partial charge in [0.15, 0.2) is 11.5 Å². The number of rotatable bonds is 5. The number of ether oxygens (including phenoxy) is 2. The Kier molecular flexibility index (Phi) is 5.04. The van der Waals surface area contributed by atoms with Gasteiger partial charge >= 0.3 is 0 Å². The van der Waals surface area contributed by atoms with Gasteiger partial charge in [-0.3, -0.25) is 9.78 Å². The first kappa shape index (κ1) is 19.5. The summed E-state index contributed by atoms with van der Waals surface area (Å²) in [4.78, 5) is 18.6. The monoisotopic (exact) mass is 394 g/mol. The van der Waals surface area contributed by atoms with E-state index >= 15 is 0 Å². The summed E-state index contributed by atoms with van der Waals surface area (Å²) in [6.07, 6.45) is 7.85. The summed E-state index contributed by atoms with van der Waals surface area (Å²) in [5.41, 5.74) is 2.29. The second kappa shape index (κ2) is 7.52. The molecule has 6 heteroatoms. The van der Waals surface area contributed by atoms with E-state index in [-0.39, 0.29) is 17.4 Å². The van der Waals surface area contributed by atoms with E-state index in [0.717, 1.165) is 23.3 Å². The van der Waals surface area contributed by atoms with Crippen LogP contribution in [0, 0.1) is 0 Å². The molecule has 1 aromatic heterocycles. The Morgan fingerprint density at radius 3 is 2.93 bits per heavy atom. The highest BCUT2D eigenvalue weighted by Crippen LogP contribution is 2.54. The first-order valence-electron chi connectivity index (χ1n) is 9.90. The van der Waals surface area contributed by atoms with Crippen LogP contribution in [0.3, 0.4) is 0 Å². The minimum atomic E-state index is -0.515. The van der Waals surface area contributed by atoms with Crippen molar-refractivity contribution in [2.75, 3.05) is 14.2 Å². The minimum absolute atomic E-state index is 0.0849. The lowest BCUT2D eigenvalue weighted by Gasteiger charge is -2.36. The van der Waals surface area contributed by atoms with Crippen LogP contribution in [-0.4, -0.2) is 47.3 Å². The molecule has 0 radical (unpaired) electrons. The molecule has 1 aliphatic carbocycles. The van der Waals surface area contributed by atoms with E-state index in [0.29, 0.717) is 24.3 Å². The summed E-state index contributed by atoms with van der Waals surface area (Å²) < 4.78 is 11.9. The minimum Gasteiger partial charge on any atom is -0.493 e. The molecule has 6 nitrogen and oxygen atoms in total. The molecule has 2 heterocycles. The molecule has 29 heavy (non-hydrogen) atoms. The molecular weight excluding hydrogens is 368 g/mol. The van der Waals surface area contributed by atoms with E-state index in [4.69, 9.17) is 9.47 Å². The van der Waals surface area contributed by atoms with E-state index in [1.54, 1.807) is 43.6 Å². The first-order chi connectivity index (χ1) is 14.0. The van der Waals surface area contributed by atoms with Crippen LogP contribution >= 0.6 is 0 Å². The third-order valence-corrected chi connectivity index (χ3v) is 6.05. The molecular formula is C23H26N2O4. The number of aliphatic hydroxyl groups excluding tert-OH is 1. The first-order valence-corrected chi connectivity index (χ1v) is 9.90. The normalized spacial score (nSPS) is 24.4. The summed E-state index contributed by atoms with van der Waals surface area (Å²) >= 11 is 0. The second-order valence-electron chi connectivity index (χ2n) is 7.70. The van der Waals surface area contributed by atoms with Crippen molar-refractivity contribution >= 4 is 5.91 Å². The van der Waals surface area contributed by atoms with Crippen LogP contribution in [0.1, 0.15) is 41.3 Å². The summed E-state index contributed by atoms with van der Waals surface area (Å²) in [6, 6.07) is 7.42. The third-order valence-electron chi connectivity index (χ3n) is 6.05. The standard InChI is InChI=1S/C23H26N2O4/c1-4-23-10-9-17(26)12-19(23)29-21-18(28-3)8-7-16(20(21)23)14-25(2)22(27)15-6-5-11-24-13-15/h5-11,13,17,19,26H,4,12,14H2,1-3H3/t17-,19-,23+/m0/s1. The largest absolute Gasteiger partial charge is 0.493 e. The summed E-state index contributed by atoms with van der Waals surface area (Å²) in [6.45, 7) is 2.57. The van der Waals surface area contributed by atoms with Crippen LogP contribution in [0.5, 0.6) is 11.5 Å². The number of hydrogen-bond donors (Lipinski definition) is 1. The zero-order valence-electron chi connectivity index (χ0n) is 17.0. The topological polar surface area (TPSA) is 71.9 Å². The molecule has 2 aliphatic rings. The van der Waals surface area contributed by atoms with Crippen LogP contribution < -0.4 is 9.47 Å². The van der Waals surface area contributed by atoms with Crippen molar-refractivity contribution in [3.05, 3.63) is 65.5 Å². The summed E-state index contributed by atoms with van der Waals surface area (Å²) in [5, 5.41) is 10.1. The quantitative estimate of drug-likeness (QED) is 0.789. The number of fused-ring (bicyclic) bond motifs is 3. The molecule has 0 spiro atoms. The van der Waals surface area contributed by atoms with E-state index in [2.05, 4.69) is 18.0 Å². The molecule has 1 aromatic carbocycles. The molecule has 3 atom stereocenters. The van der Waals surface area contributed by atoms with E-state index in [9.17, 15) is 9.90 Å². The number of hydrogen-bond acceptors (Lipinski definition) is 5. The number of aliphatic hydroxyl groups is 1. The van der Waals surface area contributed by atoms with Crippen molar-refractivity contribution in [3.8, 4) is 11.5 Å². The summed E-state index contributed by atoms with van der Waals surface area (Å²) in [5.74, 6) is 1.31.